The van der Waals surface area contributed by atoms with Gasteiger partial charge in [0.1, 0.15) is 47.3 Å². The van der Waals surface area contributed by atoms with Crippen molar-refractivity contribution in [2.24, 2.45) is 16.2 Å². The Morgan fingerprint density at radius 3 is 2.01 bits per heavy atom. The first-order chi connectivity index (χ1) is 33.5. The number of ether oxygens (including phenoxy) is 2. The molecule has 1 aromatic heterocycles. The average molecular weight is 986 g/mol. The first kappa shape index (κ1) is 51.6. The van der Waals surface area contributed by atoms with E-state index in [1.807, 2.05) is 82.6 Å². The van der Waals surface area contributed by atoms with E-state index >= 15 is 0 Å². The Morgan fingerprint density at radius 2 is 1.46 bits per heavy atom. The number of carbonyl (C=O) groups is 5. The largest absolute Gasteiger partial charge is 0.489 e. The topological polar surface area (TPSA) is 217 Å². The van der Waals surface area contributed by atoms with E-state index in [1.165, 1.54) is 4.90 Å². The number of rotatable bonds is 15. The predicted molar refractivity (Wildman–Crippen MR) is 267 cm³/mol. The van der Waals surface area contributed by atoms with Gasteiger partial charge >= 0.3 is 0 Å². The van der Waals surface area contributed by atoms with Crippen LogP contribution < -0.4 is 30.7 Å². The predicted octanol–water partition coefficient (Wildman–Crippen LogP) is 7.21. The number of nitrogens with zero attached hydrogens (tertiary/aromatic N) is 4. The molecule has 16 nitrogen and oxygen atoms in total. The maximum absolute atomic E-state index is 14.1. The molecule has 0 spiro atoms. The average Bonchev–Trinajstić information content (AvgIpc) is 3.95. The van der Waals surface area contributed by atoms with Crippen molar-refractivity contribution < 1.29 is 38.6 Å². The molecule has 0 bridgehead atoms. The highest BCUT2D eigenvalue weighted by Gasteiger charge is 2.64. The number of hydrogen-bond donors (Lipinski definition) is 5. The van der Waals surface area contributed by atoms with Gasteiger partial charge in [0, 0.05) is 65.1 Å². The fourth-order valence-electron chi connectivity index (χ4n) is 9.86. The van der Waals surface area contributed by atoms with Crippen LogP contribution in [0.15, 0.2) is 103 Å². The van der Waals surface area contributed by atoms with Crippen LogP contribution in [0.2, 0.25) is 5.02 Å². The highest BCUT2D eigenvalue weighted by molar-refractivity contribution is 6.31. The van der Waals surface area contributed by atoms with Crippen molar-refractivity contribution in [3.63, 3.8) is 0 Å². The lowest BCUT2D eigenvalue weighted by atomic mass is 9.49. The number of aliphatic hydroxyl groups excluding tert-OH is 1. The quantitative estimate of drug-likeness (QED) is 0.0710. The number of nitrogens with one attached hydrogen (secondary N) is 4. The Hall–Kier alpha value is -7.22. The monoisotopic (exact) mass is 984 g/mol. The van der Waals surface area contributed by atoms with E-state index in [-0.39, 0.29) is 36.6 Å². The van der Waals surface area contributed by atoms with Gasteiger partial charge < -0.3 is 45.3 Å². The van der Waals surface area contributed by atoms with Gasteiger partial charge in [0.05, 0.1) is 29.3 Å². The van der Waals surface area contributed by atoms with Crippen LogP contribution in [0.1, 0.15) is 106 Å². The van der Waals surface area contributed by atoms with Gasteiger partial charge in [0.15, 0.2) is 0 Å². The molecule has 2 heterocycles. The third-order valence-electron chi connectivity index (χ3n) is 13.4. The third kappa shape index (κ3) is 11.4. The summed E-state index contributed by atoms with van der Waals surface area (Å²) < 4.78 is 14.3. The number of hydrogen-bond acceptors (Lipinski definition) is 10. The smallest absolute Gasteiger partial charge is 0.251 e. The molecular weight excluding hydrogens is 924 g/mol. The number of imidazole rings is 1. The zero-order valence-corrected chi connectivity index (χ0v) is 42.1. The second kappa shape index (κ2) is 20.6. The fourth-order valence-corrected chi connectivity index (χ4v) is 10.1. The minimum Gasteiger partial charge on any atom is -0.489 e. The number of β-amino-alcohol motifs (C(OH)–C–C–N with tert-alkyl or cyclic N) is 1. The molecule has 1 saturated carbocycles. The molecule has 4 aromatic carbocycles. The molecule has 4 atom stereocenters. The van der Waals surface area contributed by atoms with Crippen molar-refractivity contribution in [2.75, 3.05) is 13.1 Å². The van der Waals surface area contributed by atoms with Gasteiger partial charge in [0.2, 0.25) is 17.7 Å². The van der Waals surface area contributed by atoms with Crippen LogP contribution in [-0.4, -0.2) is 92.5 Å². The highest BCUT2D eigenvalue weighted by Crippen LogP contribution is 2.55. The minimum absolute atomic E-state index is 0.0377. The number of nitriles is 1. The molecule has 0 unspecified atom stereocenters. The number of benzene rings is 4. The van der Waals surface area contributed by atoms with Gasteiger partial charge in [-0.2, -0.15) is 5.26 Å². The molecule has 0 radical (unpaired) electrons. The molecule has 2 fully saturated rings. The number of halogens is 1. The minimum atomic E-state index is -1.08. The first-order valence-corrected chi connectivity index (χ1v) is 23.9. The van der Waals surface area contributed by atoms with Gasteiger partial charge in [-0.25, -0.2) is 4.98 Å². The normalized spacial score (nSPS) is 19.8. The summed E-state index contributed by atoms with van der Waals surface area (Å²) in [4.78, 5) is 73.3. The van der Waals surface area contributed by atoms with Crippen molar-refractivity contribution in [3.8, 4) is 29.0 Å². The number of carbonyl (C=O) groups excluding carboxylic acids is 5. The summed E-state index contributed by atoms with van der Waals surface area (Å²) in [5, 5.41) is 31.7. The Bertz CT molecular complexity index is 2820. The van der Waals surface area contributed by atoms with Crippen molar-refractivity contribution in [2.45, 2.75) is 105 Å². The van der Waals surface area contributed by atoms with Crippen LogP contribution in [0.4, 0.5) is 0 Å². The van der Waals surface area contributed by atoms with Gasteiger partial charge in [0.25, 0.3) is 11.8 Å². The molecule has 1 aliphatic carbocycles. The van der Waals surface area contributed by atoms with Gasteiger partial charge in [-0.05, 0) is 97.6 Å². The third-order valence-corrected chi connectivity index (χ3v) is 13.8. The first-order valence-electron chi connectivity index (χ1n) is 23.5. The number of amides is 5. The van der Waals surface area contributed by atoms with Crippen molar-refractivity contribution >= 4 is 41.1 Å². The Kier molecular flexibility index (Phi) is 15.0. The molecule has 5 aromatic rings. The number of aliphatic hydroxyl groups is 1. The Morgan fingerprint density at radius 1 is 0.873 bits per heavy atom. The summed E-state index contributed by atoms with van der Waals surface area (Å²) >= 11 is 6.24. The second-order valence-electron chi connectivity index (χ2n) is 20.6. The van der Waals surface area contributed by atoms with Gasteiger partial charge in [-0.15, -0.1) is 0 Å². The maximum Gasteiger partial charge on any atom is 0.251 e. The SMILES string of the molecule is Cc1nccn1-c1ccc([C@H](C)NC(=O)[C@@H]2C[C@@H](O)CN2C(=O)[C@@H](NC(=O)CNC(=O)c2ccc(Oc3ccc(C(=O)NC4C(C)(C)C(Oc5ccc(C#N)c(Cl)c5)C4(C)C)cc3)cc2)C(C)(C)C)cc1. The van der Waals surface area contributed by atoms with E-state index in [2.05, 4.69) is 26.3 Å². The molecule has 1 saturated heterocycles. The Balaban J connectivity index is 0.884. The van der Waals surface area contributed by atoms with Crippen molar-refractivity contribution in [3.05, 3.63) is 136 Å². The second-order valence-corrected chi connectivity index (χ2v) is 21.0. The summed E-state index contributed by atoms with van der Waals surface area (Å²) in [6, 6.07) is 25.0. The summed E-state index contributed by atoms with van der Waals surface area (Å²) in [6.07, 6.45) is 2.44. The van der Waals surface area contributed by atoms with Crippen LogP contribution >= 0.6 is 11.6 Å². The van der Waals surface area contributed by atoms with E-state index in [9.17, 15) is 34.3 Å². The van der Waals surface area contributed by atoms with Crippen LogP contribution in [0.5, 0.6) is 17.2 Å². The zero-order chi connectivity index (χ0) is 51.6. The standard InChI is InChI=1S/C54H61ClN8O8/c1-31(33-10-17-37(18-11-33)62-25-24-57-32(62)2)59-48(68)43-26-38(64)30-63(43)49(69)45(52(3,4)5)60-44(65)29-58-46(66)34-12-19-39(20-13-34)70-40-21-14-35(15-22-40)47(67)61-50-53(6,7)51(54(50,8)9)71-41-23-16-36(28-56)42(55)27-41/h10-25,27,31,38,43,45,50-51,64H,26,29-30H2,1-9H3,(H,58,66)(H,59,68)(H,60,65)(H,61,67)/t31-,38+,43-,45+,50?,51?/m0/s1. The fraction of sp³-hybridized carbons (Fsp3) is 0.389. The van der Waals surface area contributed by atoms with Crippen LogP contribution in [-0.2, 0) is 14.4 Å². The molecule has 7 rings (SSSR count). The maximum atomic E-state index is 14.1. The van der Waals surface area contributed by atoms with E-state index in [4.69, 9.17) is 21.1 Å². The molecule has 5 amide bonds. The van der Waals surface area contributed by atoms with E-state index in [0.29, 0.717) is 33.4 Å². The lowest BCUT2D eigenvalue weighted by molar-refractivity contribution is -0.164. The lowest BCUT2D eigenvalue weighted by Gasteiger charge is -2.63. The van der Waals surface area contributed by atoms with Gasteiger partial charge in [-0.3, -0.25) is 24.0 Å². The molecule has 17 heteroatoms. The number of aromatic nitrogens is 2. The number of aryl methyl sites for hydroxylation is 1. The summed E-state index contributed by atoms with van der Waals surface area (Å²) in [5.74, 6) is -0.0638. The van der Waals surface area contributed by atoms with E-state index in [1.54, 1.807) is 93.7 Å². The summed E-state index contributed by atoms with van der Waals surface area (Å²) in [7, 11) is 0. The molecule has 5 N–H and O–H groups in total. The zero-order valence-electron chi connectivity index (χ0n) is 41.4. The summed E-state index contributed by atoms with van der Waals surface area (Å²) in [6.45, 7) is 16.7. The van der Waals surface area contributed by atoms with Crippen LogP contribution in [0.25, 0.3) is 5.69 Å². The summed E-state index contributed by atoms with van der Waals surface area (Å²) in [5.41, 5.74) is 1.17. The van der Waals surface area contributed by atoms with Crippen LogP contribution in [0.3, 0.4) is 0 Å². The van der Waals surface area contributed by atoms with Crippen LogP contribution in [0, 0.1) is 34.5 Å². The van der Waals surface area contributed by atoms with Gasteiger partial charge in [-0.1, -0.05) is 72.2 Å². The molecule has 71 heavy (non-hydrogen) atoms. The lowest BCUT2D eigenvalue weighted by Crippen LogP contribution is -2.74. The van der Waals surface area contributed by atoms with E-state index < -0.39 is 70.6 Å². The highest BCUT2D eigenvalue weighted by atomic mass is 35.5. The van der Waals surface area contributed by atoms with Crippen molar-refractivity contribution in [1.82, 2.24) is 35.7 Å². The Labute approximate surface area is 419 Å². The van der Waals surface area contributed by atoms with Crippen molar-refractivity contribution in [1.29, 1.82) is 5.26 Å². The molecular formula is C54H61ClN8O8. The molecule has 372 valence electrons. The molecule has 2 aliphatic rings. The number of likely N-dealkylation sites (tertiary alicyclic amines) is 1. The molecule has 1 aliphatic heterocycles. The van der Waals surface area contributed by atoms with E-state index in [0.717, 1.165) is 17.1 Å².